The number of nitrogens with zero attached hydrogens (tertiary/aromatic N) is 3. The van der Waals surface area contributed by atoms with Crippen LogP contribution in [0.25, 0.3) is 0 Å². The van der Waals surface area contributed by atoms with Gasteiger partial charge in [0.1, 0.15) is 18.5 Å². The number of nitrogen functional groups attached to an aromatic ring is 1. The van der Waals surface area contributed by atoms with E-state index in [0.29, 0.717) is 43.5 Å². The standard InChI is InChI=1S/C22H25FN4O3/c1-29-22(28)18-14-30-21(25-18)20(15-5-3-2-4-6-15)27-11-9-26(10-12-27)19-8-7-16(24)13-17(19)23/h2-8,13,18,20H,9-12,14,24H2,1H3. The van der Waals surface area contributed by atoms with Crippen LogP contribution >= 0.6 is 0 Å². The lowest BCUT2D eigenvalue weighted by Gasteiger charge is -2.40. The number of carbonyl (C=O) groups excluding carboxylic acids is 1. The SMILES string of the molecule is COC(=O)C1COC(C(c2ccccc2)N2CCN(c3ccc(N)cc3F)CC2)=N1. The molecular formula is C22H25FN4O3. The van der Waals surface area contributed by atoms with E-state index in [1.807, 2.05) is 35.2 Å². The maximum Gasteiger partial charge on any atom is 0.334 e. The maximum atomic E-state index is 14.3. The van der Waals surface area contributed by atoms with Gasteiger partial charge in [0.15, 0.2) is 6.04 Å². The van der Waals surface area contributed by atoms with Crippen LogP contribution in [0.1, 0.15) is 11.6 Å². The number of benzene rings is 2. The summed E-state index contributed by atoms with van der Waals surface area (Å²) < 4.78 is 25.0. The quantitative estimate of drug-likeness (QED) is 0.599. The number of methoxy groups -OCH3 is 1. The third-order valence-corrected chi connectivity index (χ3v) is 5.49. The summed E-state index contributed by atoms with van der Waals surface area (Å²) in [6.07, 6.45) is 0. The van der Waals surface area contributed by atoms with Gasteiger partial charge in [0, 0.05) is 31.9 Å². The van der Waals surface area contributed by atoms with Gasteiger partial charge in [0.2, 0.25) is 5.90 Å². The minimum Gasteiger partial charge on any atom is -0.477 e. The summed E-state index contributed by atoms with van der Waals surface area (Å²) in [5.41, 5.74) is 7.67. The molecule has 1 saturated heterocycles. The zero-order valence-electron chi connectivity index (χ0n) is 16.8. The van der Waals surface area contributed by atoms with Crippen molar-refractivity contribution in [3.05, 3.63) is 59.9 Å². The molecule has 2 N–H and O–H groups in total. The fraction of sp³-hybridized carbons (Fsp3) is 0.364. The number of piperazine rings is 1. The first-order valence-electron chi connectivity index (χ1n) is 9.94. The van der Waals surface area contributed by atoms with Gasteiger partial charge in [-0.3, -0.25) is 4.90 Å². The van der Waals surface area contributed by atoms with Gasteiger partial charge in [-0.15, -0.1) is 0 Å². The number of rotatable bonds is 5. The van der Waals surface area contributed by atoms with Crippen molar-refractivity contribution in [1.82, 2.24) is 4.90 Å². The average molecular weight is 412 g/mol. The molecule has 0 bridgehead atoms. The number of aliphatic imine (C=N–C) groups is 1. The Morgan fingerprint density at radius 1 is 1.20 bits per heavy atom. The normalized spacial score (nSPS) is 20.4. The van der Waals surface area contributed by atoms with Gasteiger partial charge in [-0.25, -0.2) is 14.2 Å². The highest BCUT2D eigenvalue weighted by molar-refractivity contribution is 5.89. The number of hydrogen-bond acceptors (Lipinski definition) is 7. The molecule has 0 amide bonds. The molecule has 7 nitrogen and oxygen atoms in total. The van der Waals surface area contributed by atoms with Crippen LogP contribution in [0.5, 0.6) is 0 Å². The summed E-state index contributed by atoms with van der Waals surface area (Å²) in [6, 6.07) is 13.9. The largest absolute Gasteiger partial charge is 0.477 e. The van der Waals surface area contributed by atoms with E-state index in [1.54, 1.807) is 12.1 Å². The molecule has 2 aromatic carbocycles. The van der Waals surface area contributed by atoms with E-state index >= 15 is 0 Å². The number of halogens is 1. The molecular weight excluding hydrogens is 387 g/mol. The summed E-state index contributed by atoms with van der Waals surface area (Å²) in [5, 5.41) is 0. The molecule has 4 rings (SSSR count). The summed E-state index contributed by atoms with van der Waals surface area (Å²) in [6.45, 7) is 2.86. The second kappa shape index (κ2) is 8.71. The Morgan fingerprint density at radius 2 is 1.93 bits per heavy atom. The fourth-order valence-corrected chi connectivity index (χ4v) is 3.94. The van der Waals surface area contributed by atoms with Crippen LogP contribution in [0.2, 0.25) is 0 Å². The number of hydrogen-bond donors (Lipinski definition) is 1. The predicted molar refractivity (Wildman–Crippen MR) is 113 cm³/mol. The molecule has 2 aliphatic rings. The highest BCUT2D eigenvalue weighted by atomic mass is 19.1. The highest BCUT2D eigenvalue weighted by Gasteiger charge is 2.36. The van der Waals surface area contributed by atoms with Crippen molar-refractivity contribution in [3.63, 3.8) is 0 Å². The van der Waals surface area contributed by atoms with E-state index in [4.69, 9.17) is 15.2 Å². The first-order chi connectivity index (χ1) is 14.6. The van der Waals surface area contributed by atoms with Crippen molar-refractivity contribution in [2.75, 3.05) is 50.5 Å². The molecule has 0 aromatic heterocycles. The second-order valence-electron chi connectivity index (χ2n) is 7.36. The van der Waals surface area contributed by atoms with E-state index < -0.39 is 12.0 Å². The van der Waals surface area contributed by atoms with Crippen LogP contribution < -0.4 is 10.6 Å². The molecule has 0 aliphatic carbocycles. The first kappa shape index (κ1) is 20.2. The number of carbonyl (C=O) groups is 1. The molecule has 2 aromatic rings. The lowest BCUT2D eigenvalue weighted by atomic mass is 10.0. The summed E-state index contributed by atoms with van der Waals surface area (Å²) in [7, 11) is 1.35. The Morgan fingerprint density at radius 3 is 2.60 bits per heavy atom. The summed E-state index contributed by atoms with van der Waals surface area (Å²) >= 11 is 0. The Balaban J connectivity index is 1.54. The minimum absolute atomic E-state index is 0.182. The van der Waals surface area contributed by atoms with Crippen LogP contribution in [0, 0.1) is 5.82 Å². The van der Waals surface area contributed by atoms with Gasteiger partial charge in [0.05, 0.1) is 12.8 Å². The fourth-order valence-electron chi connectivity index (χ4n) is 3.94. The van der Waals surface area contributed by atoms with Gasteiger partial charge < -0.3 is 20.1 Å². The van der Waals surface area contributed by atoms with Gasteiger partial charge in [-0.1, -0.05) is 30.3 Å². The monoisotopic (exact) mass is 412 g/mol. The maximum absolute atomic E-state index is 14.3. The highest BCUT2D eigenvalue weighted by Crippen LogP contribution is 2.29. The van der Waals surface area contributed by atoms with Crippen molar-refractivity contribution in [1.29, 1.82) is 0 Å². The molecule has 8 heteroatoms. The summed E-state index contributed by atoms with van der Waals surface area (Å²) in [5.74, 6) is -0.198. The number of esters is 1. The molecule has 30 heavy (non-hydrogen) atoms. The molecule has 0 spiro atoms. The van der Waals surface area contributed by atoms with Gasteiger partial charge in [-0.05, 0) is 23.8 Å². The molecule has 0 radical (unpaired) electrons. The smallest absolute Gasteiger partial charge is 0.334 e. The lowest BCUT2D eigenvalue weighted by Crippen LogP contribution is -2.49. The number of nitrogens with two attached hydrogens (primary N) is 1. The topological polar surface area (TPSA) is 80.4 Å². The van der Waals surface area contributed by atoms with E-state index in [9.17, 15) is 9.18 Å². The lowest BCUT2D eigenvalue weighted by molar-refractivity contribution is -0.142. The second-order valence-corrected chi connectivity index (χ2v) is 7.36. The molecule has 0 saturated carbocycles. The van der Waals surface area contributed by atoms with E-state index in [0.717, 1.165) is 5.56 Å². The van der Waals surface area contributed by atoms with Crippen molar-refractivity contribution in [2.24, 2.45) is 4.99 Å². The van der Waals surface area contributed by atoms with Gasteiger partial charge in [-0.2, -0.15) is 0 Å². The minimum atomic E-state index is -0.638. The van der Waals surface area contributed by atoms with E-state index in [1.165, 1.54) is 13.2 Å². The van der Waals surface area contributed by atoms with Crippen molar-refractivity contribution < 1.29 is 18.7 Å². The predicted octanol–water partition coefficient (Wildman–Crippen LogP) is 2.24. The van der Waals surface area contributed by atoms with Crippen LogP contribution in [0.15, 0.2) is 53.5 Å². The molecule has 2 heterocycles. The first-order valence-corrected chi connectivity index (χ1v) is 9.94. The molecule has 158 valence electrons. The molecule has 2 atom stereocenters. The van der Waals surface area contributed by atoms with Crippen LogP contribution in [-0.4, -0.2) is 62.7 Å². The number of ether oxygens (including phenoxy) is 2. The van der Waals surface area contributed by atoms with Crippen molar-refractivity contribution >= 4 is 23.2 Å². The van der Waals surface area contributed by atoms with Crippen LogP contribution in [0.4, 0.5) is 15.8 Å². The van der Waals surface area contributed by atoms with E-state index in [-0.39, 0.29) is 18.5 Å². The Kier molecular flexibility index (Phi) is 5.85. The van der Waals surface area contributed by atoms with E-state index in [2.05, 4.69) is 9.89 Å². The molecule has 2 unspecified atom stereocenters. The Labute approximate surface area is 174 Å². The van der Waals surface area contributed by atoms with Gasteiger partial charge in [0.25, 0.3) is 0 Å². The van der Waals surface area contributed by atoms with Crippen molar-refractivity contribution in [2.45, 2.75) is 12.1 Å². The van der Waals surface area contributed by atoms with Crippen LogP contribution in [0.3, 0.4) is 0 Å². The third kappa shape index (κ3) is 4.09. The Bertz CT molecular complexity index is 929. The molecule has 2 aliphatic heterocycles. The zero-order valence-corrected chi connectivity index (χ0v) is 16.8. The third-order valence-electron chi connectivity index (χ3n) is 5.49. The zero-order chi connectivity index (χ0) is 21.1. The summed E-state index contributed by atoms with van der Waals surface area (Å²) in [4.78, 5) is 20.6. The molecule has 1 fully saturated rings. The Hall–Kier alpha value is -3.13. The van der Waals surface area contributed by atoms with Gasteiger partial charge >= 0.3 is 5.97 Å². The number of anilines is 2. The average Bonchev–Trinajstić information content (AvgIpc) is 3.24. The van der Waals surface area contributed by atoms with Crippen LogP contribution in [-0.2, 0) is 14.3 Å². The van der Waals surface area contributed by atoms with Crippen molar-refractivity contribution in [3.8, 4) is 0 Å².